The molecular weight excluding hydrogens is 362 g/mol. The number of nitrogens with one attached hydrogen (secondary N) is 4. The van der Waals surface area contributed by atoms with Crippen molar-refractivity contribution >= 4 is 28.3 Å². The average Bonchev–Trinajstić information content (AvgIpc) is 2.47. The van der Waals surface area contributed by atoms with Crippen LogP contribution < -0.4 is 21.6 Å². The first-order valence-electron chi connectivity index (χ1n) is 7.39. The zero-order valence-corrected chi connectivity index (χ0v) is 13.8. The van der Waals surface area contributed by atoms with E-state index in [2.05, 4.69) is 20.5 Å². The van der Waals surface area contributed by atoms with E-state index in [1.165, 1.54) is 0 Å². The maximum absolute atomic E-state index is 12.1. The Morgan fingerprint density at radius 2 is 1.76 bits per heavy atom. The van der Waals surface area contributed by atoms with Gasteiger partial charge < -0.3 is 10.4 Å². The van der Waals surface area contributed by atoms with Gasteiger partial charge >= 0.3 is 16.5 Å². The molecule has 2 aliphatic heterocycles. The largest absolute Gasteiger partial charge is 0.465 e. The van der Waals surface area contributed by atoms with E-state index in [1.807, 2.05) is 5.48 Å². The minimum atomic E-state index is -4.72. The summed E-state index contributed by atoms with van der Waals surface area (Å²) in [5.74, 6) is -1.31. The van der Waals surface area contributed by atoms with Crippen LogP contribution in [0.1, 0.15) is 12.8 Å². The number of likely N-dealkylation sites (tertiary alicyclic amines) is 1. The molecule has 0 unspecified atom stereocenters. The summed E-state index contributed by atoms with van der Waals surface area (Å²) in [4.78, 5) is 35.9. The summed E-state index contributed by atoms with van der Waals surface area (Å²) in [7, 11) is -4.72. The molecule has 0 spiro atoms. The molecule has 0 bridgehead atoms. The third-order valence-corrected chi connectivity index (χ3v) is 4.22. The van der Waals surface area contributed by atoms with E-state index in [0.717, 1.165) is 4.90 Å². The molecule has 14 heteroatoms. The number of carboxylic acid groups (broad SMARTS) is 1. The predicted molar refractivity (Wildman–Crippen MR) is 80.0 cm³/mol. The number of hydroxylamine groups is 1. The lowest BCUT2D eigenvalue weighted by atomic mass is 9.98. The van der Waals surface area contributed by atoms with Gasteiger partial charge in [-0.15, -0.1) is 0 Å². The van der Waals surface area contributed by atoms with Crippen molar-refractivity contribution in [3.63, 3.8) is 0 Å². The van der Waals surface area contributed by atoms with Crippen LogP contribution in [0.4, 0.5) is 4.79 Å². The van der Waals surface area contributed by atoms with Crippen LogP contribution in [0, 0.1) is 5.92 Å². The number of hydrogen-bond donors (Lipinski definition) is 6. The molecule has 25 heavy (non-hydrogen) atoms. The molecular formula is C11H19N5O8S. The lowest BCUT2D eigenvalue weighted by molar-refractivity contribution is -0.135. The number of piperidine rings is 1. The van der Waals surface area contributed by atoms with E-state index in [9.17, 15) is 27.9 Å². The van der Waals surface area contributed by atoms with Crippen molar-refractivity contribution in [2.24, 2.45) is 5.92 Å². The van der Waals surface area contributed by atoms with Crippen LogP contribution >= 0.6 is 0 Å². The predicted octanol–water partition coefficient (Wildman–Crippen LogP) is -2.81. The lowest BCUT2D eigenvalue weighted by Gasteiger charge is -2.36. The van der Waals surface area contributed by atoms with Gasteiger partial charge in [0.25, 0.3) is 5.91 Å². The maximum Gasteiger partial charge on any atom is 0.413 e. The second kappa shape index (κ2) is 7.92. The van der Waals surface area contributed by atoms with Gasteiger partial charge in [0.15, 0.2) is 0 Å². The molecule has 2 atom stereocenters. The number of hydrazine groups is 1. The fraction of sp³-hybridized carbons (Fsp3) is 0.727. The van der Waals surface area contributed by atoms with Crippen molar-refractivity contribution < 1.29 is 36.7 Å². The third kappa shape index (κ3) is 5.50. The molecule has 13 nitrogen and oxygen atoms in total. The minimum absolute atomic E-state index is 0.0610. The van der Waals surface area contributed by atoms with Crippen LogP contribution in [-0.4, -0.2) is 72.6 Å². The average molecular weight is 381 g/mol. The van der Waals surface area contributed by atoms with Gasteiger partial charge in [-0.25, -0.2) is 4.79 Å². The van der Waals surface area contributed by atoms with Crippen molar-refractivity contribution in [1.29, 1.82) is 0 Å². The van der Waals surface area contributed by atoms with Gasteiger partial charge in [0, 0.05) is 19.6 Å². The Morgan fingerprint density at radius 3 is 2.28 bits per heavy atom. The quantitative estimate of drug-likeness (QED) is 0.214. The SMILES string of the molecule is O=C(NNC(=O)[C@@H]1CC[C@@H](NOS(=O)(=O)O)CN1C(=O)O)C1CNC1. The van der Waals surface area contributed by atoms with E-state index >= 15 is 0 Å². The normalized spacial score (nSPS) is 24.3. The van der Waals surface area contributed by atoms with Crippen LogP contribution in [0.5, 0.6) is 0 Å². The van der Waals surface area contributed by atoms with Crippen molar-refractivity contribution in [2.45, 2.75) is 24.9 Å². The Labute approximate surface area is 142 Å². The monoisotopic (exact) mass is 381 g/mol. The molecule has 2 heterocycles. The fourth-order valence-electron chi connectivity index (χ4n) is 2.46. The molecule has 2 rings (SSSR count). The number of rotatable bonds is 5. The van der Waals surface area contributed by atoms with Gasteiger partial charge in [-0.3, -0.25) is 29.9 Å². The van der Waals surface area contributed by atoms with Crippen LogP contribution in [0.15, 0.2) is 0 Å². The molecule has 0 aromatic carbocycles. The number of amides is 3. The number of hydrogen-bond acceptors (Lipinski definition) is 8. The van der Waals surface area contributed by atoms with Gasteiger partial charge in [-0.2, -0.15) is 18.2 Å². The molecule has 2 fully saturated rings. The molecule has 3 amide bonds. The highest BCUT2D eigenvalue weighted by Crippen LogP contribution is 2.18. The number of carbonyl (C=O) groups is 3. The zero-order chi connectivity index (χ0) is 18.6. The van der Waals surface area contributed by atoms with E-state index in [-0.39, 0.29) is 31.2 Å². The highest BCUT2D eigenvalue weighted by Gasteiger charge is 2.37. The Balaban J connectivity index is 1.87. The van der Waals surface area contributed by atoms with Gasteiger partial charge in [0.2, 0.25) is 5.91 Å². The Bertz CT molecular complexity index is 636. The summed E-state index contributed by atoms with van der Waals surface area (Å²) < 4.78 is 33.6. The molecule has 0 radical (unpaired) electrons. The molecule has 0 aliphatic carbocycles. The highest BCUT2D eigenvalue weighted by atomic mass is 32.3. The summed E-state index contributed by atoms with van der Waals surface area (Å²) in [6.45, 7) is 0.768. The summed E-state index contributed by atoms with van der Waals surface area (Å²) in [5, 5.41) is 12.1. The van der Waals surface area contributed by atoms with Crippen molar-refractivity contribution in [3.05, 3.63) is 0 Å². The van der Waals surface area contributed by atoms with Crippen LogP contribution in [0.2, 0.25) is 0 Å². The lowest BCUT2D eigenvalue weighted by Crippen LogP contribution is -2.61. The summed E-state index contributed by atoms with van der Waals surface area (Å²) in [6, 6.07) is -1.79. The van der Waals surface area contributed by atoms with Crippen molar-refractivity contribution in [1.82, 2.24) is 26.5 Å². The summed E-state index contributed by atoms with van der Waals surface area (Å²) >= 11 is 0. The molecule has 142 valence electrons. The van der Waals surface area contributed by atoms with Crippen molar-refractivity contribution in [2.75, 3.05) is 19.6 Å². The van der Waals surface area contributed by atoms with Gasteiger partial charge in [0.1, 0.15) is 6.04 Å². The fourth-order valence-corrected chi connectivity index (χ4v) is 2.72. The van der Waals surface area contributed by atoms with E-state index < -0.39 is 34.5 Å². The van der Waals surface area contributed by atoms with E-state index in [1.54, 1.807) is 0 Å². The smallest absolute Gasteiger partial charge is 0.413 e. The zero-order valence-electron chi connectivity index (χ0n) is 13.0. The molecule has 2 saturated heterocycles. The topological polar surface area (TPSA) is 186 Å². The van der Waals surface area contributed by atoms with Gasteiger partial charge in [0.05, 0.1) is 12.0 Å². The van der Waals surface area contributed by atoms with Crippen LogP contribution in [-0.2, 0) is 24.3 Å². The summed E-state index contributed by atoms with van der Waals surface area (Å²) in [5.41, 5.74) is 6.48. The Morgan fingerprint density at radius 1 is 1.12 bits per heavy atom. The van der Waals surface area contributed by atoms with Crippen LogP contribution in [0.25, 0.3) is 0 Å². The Kier molecular flexibility index (Phi) is 6.12. The first-order chi connectivity index (χ1) is 11.7. The van der Waals surface area contributed by atoms with Gasteiger partial charge in [-0.05, 0) is 12.8 Å². The van der Waals surface area contributed by atoms with E-state index in [4.69, 9.17) is 4.55 Å². The number of carbonyl (C=O) groups excluding carboxylic acids is 2. The third-order valence-electron chi connectivity index (χ3n) is 3.91. The number of nitrogens with zero attached hydrogens (tertiary/aromatic N) is 1. The van der Waals surface area contributed by atoms with Crippen molar-refractivity contribution in [3.8, 4) is 0 Å². The Hall–Kier alpha value is -2.00. The molecule has 0 aromatic heterocycles. The second-order valence-corrected chi connectivity index (χ2v) is 6.71. The van der Waals surface area contributed by atoms with E-state index in [0.29, 0.717) is 13.1 Å². The molecule has 0 aromatic rings. The standard InChI is InChI=1S/C11H19N5O8S/c17-9(6-3-12-4-6)13-14-10(18)8-2-1-7(5-16(8)11(19)20)15-24-25(21,22)23/h6-8,12,15H,1-5H2,(H,13,17)(H,14,18)(H,19,20)(H,21,22,23)/t7-,8+/m1/s1. The minimum Gasteiger partial charge on any atom is -0.465 e. The maximum atomic E-state index is 12.1. The van der Waals surface area contributed by atoms with Gasteiger partial charge in [-0.1, -0.05) is 0 Å². The highest BCUT2D eigenvalue weighted by molar-refractivity contribution is 7.80. The second-order valence-electron chi connectivity index (χ2n) is 5.69. The summed E-state index contributed by atoms with van der Waals surface area (Å²) in [6.07, 6.45) is -1.13. The molecule has 2 aliphatic rings. The molecule has 0 saturated carbocycles. The first-order valence-corrected chi connectivity index (χ1v) is 8.75. The first kappa shape index (κ1) is 19.3. The van der Waals surface area contributed by atoms with Crippen LogP contribution in [0.3, 0.4) is 0 Å². The molecule has 6 N–H and O–H groups in total.